The van der Waals surface area contributed by atoms with Crippen molar-refractivity contribution in [2.45, 2.75) is 12.8 Å². The second-order valence-corrected chi connectivity index (χ2v) is 4.86. The maximum Gasteiger partial charge on any atom is 0.230 e. The van der Waals surface area contributed by atoms with Crippen LogP contribution in [0.1, 0.15) is 23.2 Å². The minimum absolute atomic E-state index is 0.157. The number of rotatable bonds is 3. The van der Waals surface area contributed by atoms with Crippen LogP contribution in [0, 0.1) is 0 Å². The van der Waals surface area contributed by atoms with Gasteiger partial charge >= 0.3 is 0 Å². The number of Topliss-reactive ketones (excluding diaryl/α,β-unsaturated/α-hetero) is 1. The summed E-state index contributed by atoms with van der Waals surface area (Å²) in [5.41, 5.74) is 0.524. The first-order valence-electron chi connectivity index (χ1n) is 6.50. The van der Waals surface area contributed by atoms with Crippen LogP contribution in [0.15, 0.2) is 42.5 Å². The number of hydrogen-bond acceptors (Lipinski definition) is 3. The monoisotopic (exact) mass is 267 g/mol. The molecule has 3 rings (SSSR count). The van der Waals surface area contributed by atoms with Crippen molar-refractivity contribution in [2.75, 3.05) is 6.54 Å². The Labute approximate surface area is 116 Å². The molecule has 2 aromatic rings. The number of fused-ring (bicyclic) bond motifs is 1. The molecule has 1 aliphatic heterocycles. The largest absolute Gasteiger partial charge is 0.292 e. The lowest BCUT2D eigenvalue weighted by Gasteiger charge is -2.12. The van der Waals surface area contributed by atoms with E-state index in [2.05, 4.69) is 0 Å². The molecule has 4 nitrogen and oxygen atoms in total. The van der Waals surface area contributed by atoms with Gasteiger partial charge in [0.05, 0.1) is 6.54 Å². The molecule has 0 aromatic heterocycles. The molecule has 0 spiro atoms. The van der Waals surface area contributed by atoms with Crippen LogP contribution >= 0.6 is 0 Å². The van der Waals surface area contributed by atoms with E-state index in [0.29, 0.717) is 5.56 Å². The highest BCUT2D eigenvalue weighted by molar-refractivity contribution is 6.08. The topological polar surface area (TPSA) is 54.5 Å². The summed E-state index contributed by atoms with van der Waals surface area (Å²) in [6.45, 7) is -0.157. The number of amides is 2. The van der Waals surface area contributed by atoms with E-state index >= 15 is 0 Å². The van der Waals surface area contributed by atoms with Crippen LogP contribution in [0.3, 0.4) is 0 Å². The molecule has 1 aliphatic rings. The van der Waals surface area contributed by atoms with Crippen LogP contribution in [-0.4, -0.2) is 29.0 Å². The van der Waals surface area contributed by atoms with Crippen LogP contribution in [0.5, 0.6) is 0 Å². The van der Waals surface area contributed by atoms with E-state index in [0.717, 1.165) is 15.7 Å². The van der Waals surface area contributed by atoms with Gasteiger partial charge in [0.1, 0.15) is 0 Å². The summed E-state index contributed by atoms with van der Waals surface area (Å²) in [4.78, 5) is 36.3. The highest BCUT2D eigenvalue weighted by Gasteiger charge is 2.30. The first-order chi connectivity index (χ1) is 9.65. The average Bonchev–Trinajstić information content (AvgIpc) is 2.78. The second-order valence-electron chi connectivity index (χ2n) is 4.86. The lowest BCUT2D eigenvalue weighted by atomic mass is 10.0. The quantitative estimate of drug-likeness (QED) is 0.632. The molecule has 20 heavy (non-hydrogen) atoms. The number of likely N-dealkylation sites (tertiary alicyclic amines) is 1. The van der Waals surface area contributed by atoms with Gasteiger partial charge in [0.15, 0.2) is 5.78 Å². The van der Waals surface area contributed by atoms with Crippen molar-refractivity contribution >= 4 is 28.4 Å². The summed E-state index contributed by atoms with van der Waals surface area (Å²) < 4.78 is 0. The minimum Gasteiger partial charge on any atom is -0.292 e. The summed E-state index contributed by atoms with van der Waals surface area (Å²) in [6, 6.07) is 13.1. The van der Waals surface area contributed by atoms with E-state index in [-0.39, 0.29) is 37.0 Å². The van der Waals surface area contributed by atoms with Crippen LogP contribution in [0.25, 0.3) is 10.8 Å². The van der Waals surface area contributed by atoms with Gasteiger partial charge in [-0.1, -0.05) is 36.4 Å². The van der Waals surface area contributed by atoms with Gasteiger partial charge in [0, 0.05) is 18.4 Å². The van der Waals surface area contributed by atoms with E-state index in [1.54, 1.807) is 12.1 Å². The standard InChI is InChI=1S/C16H13NO3/c18-14(10-17-15(19)7-8-16(17)20)13-6-5-11-3-1-2-4-12(11)9-13/h1-6,9H,7-8,10H2. The van der Waals surface area contributed by atoms with Gasteiger partial charge in [0.2, 0.25) is 11.8 Å². The molecule has 0 bridgehead atoms. The Kier molecular flexibility index (Phi) is 3.06. The molecule has 1 saturated heterocycles. The van der Waals surface area contributed by atoms with Crippen molar-refractivity contribution in [1.29, 1.82) is 0 Å². The van der Waals surface area contributed by atoms with Crippen molar-refractivity contribution in [1.82, 2.24) is 4.90 Å². The van der Waals surface area contributed by atoms with E-state index in [9.17, 15) is 14.4 Å². The Balaban J connectivity index is 1.85. The van der Waals surface area contributed by atoms with Gasteiger partial charge < -0.3 is 0 Å². The predicted octanol–water partition coefficient (Wildman–Crippen LogP) is 2.17. The van der Waals surface area contributed by atoms with Gasteiger partial charge in [-0.05, 0) is 16.8 Å². The first-order valence-corrected chi connectivity index (χ1v) is 6.50. The third kappa shape index (κ3) is 2.20. The number of benzene rings is 2. The molecule has 100 valence electrons. The Morgan fingerprint density at radius 1 is 0.950 bits per heavy atom. The maximum atomic E-state index is 12.2. The van der Waals surface area contributed by atoms with Crippen molar-refractivity contribution in [3.8, 4) is 0 Å². The zero-order valence-electron chi connectivity index (χ0n) is 10.8. The number of hydrogen-bond donors (Lipinski definition) is 0. The molecule has 0 saturated carbocycles. The molecule has 0 atom stereocenters. The van der Waals surface area contributed by atoms with Gasteiger partial charge in [-0.15, -0.1) is 0 Å². The first kappa shape index (κ1) is 12.5. The van der Waals surface area contributed by atoms with E-state index in [4.69, 9.17) is 0 Å². The Bertz CT molecular complexity index is 704. The Morgan fingerprint density at radius 3 is 2.30 bits per heavy atom. The second kappa shape index (κ2) is 4.89. The Hall–Kier alpha value is -2.49. The van der Waals surface area contributed by atoms with E-state index < -0.39 is 0 Å². The molecule has 1 heterocycles. The normalized spacial score (nSPS) is 15.1. The summed E-state index contributed by atoms with van der Waals surface area (Å²) in [5, 5.41) is 2.02. The molecule has 0 radical (unpaired) electrons. The lowest BCUT2D eigenvalue weighted by Crippen LogP contribution is -2.34. The van der Waals surface area contributed by atoms with Crippen molar-refractivity contribution < 1.29 is 14.4 Å². The van der Waals surface area contributed by atoms with Gasteiger partial charge in [0.25, 0.3) is 0 Å². The van der Waals surface area contributed by atoms with E-state index in [1.165, 1.54) is 0 Å². The zero-order chi connectivity index (χ0) is 14.1. The minimum atomic E-state index is -0.260. The number of ketones is 1. The average molecular weight is 267 g/mol. The molecule has 0 N–H and O–H groups in total. The summed E-state index contributed by atoms with van der Waals surface area (Å²) in [7, 11) is 0. The third-order valence-electron chi connectivity index (χ3n) is 3.53. The van der Waals surface area contributed by atoms with Crippen LogP contribution < -0.4 is 0 Å². The van der Waals surface area contributed by atoms with Crippen LogP contribution in [-0.2, 0) is 9.59 Å². The molecule has 4 heteroatoms. The molecule has 1 fully saturated rings. The van der Waals surface area contributed by atoms with Crippen molar-refractivity contribution in [3.63, 3.8) is 0 Å². The van der Waals surface area contributed by atoms with Gasteiger partial charge in [-0.2, -0.15) is 0 Å². The van der Waals surface area contributed by atoms with Gasteiger partial charge in [-0.25, -0.2) is 0 Å². The molecule has 2 aromatic carbocycles. The number of carbonyl (C=O) groups is 3. The molecular weight excluding hydrogens is 254 g/mol. The van der Waals surface area contributed by atoms with E-state index in [1.807, 2.05) is 30.3 Å². The smallest absolute Gasteiger partial charge is 0.230 e. The van der Waals surface area contributed by atoms with Crippen LogP contribution in [0.4, 0.5) is 0 Å². The highest BCUT2D eigenvalue weighted by Crippen LogP contribution is 2.17. The number of imide groups is 1. The predicted molar refractivity (Wildman–Crippen MR) is 74.2 cm³/mol. The fourth-order valence-corrected chi connectivity index (χ4v) is 2.40. The fraction of sp³-hybridized carbons (Fsp3) is 0.188. The lowest BCUT2D eigenvalue weighted by molar-refractivity contribution is -0.137. The van der Waals surface area contributed by atoms with Crippen molar-refractivity contribution in [2.24, 2.45) is 0 Å². The highest BCUT2D eigenvalue weighted by atomic mass is 16.2. The third-order valence-corrected chi connectivity index (χ3v) is 3.53. The molecule has 2 amide bonds. The molecule has 0 aliphatic carbocycles. The number of carbonyl (C=O) groups excluding carboxylic acids is 3. The fourth-order valence-electron chi connectivity index (χ4n) is 2.40. The van der Waals surface area contributed by atoms with Gasteiger partial charge in [-0.3, -0.25) is 19.3 Å². The number of nitrogens with zero attached hydrogens (tertiary/aromatic N) is 1. The maximum absolute atomic E-state index is 12.2. The SMILES string of the molecule is O=C(CN1C(=O)CCC1=O)c1ccc2ccccc2c1. The Morgan fingerprint density at radius 2 is 1.60 bits per heavy atom. The van der Waals surface area contributed by atoms with Crippen molar-refractivity contribution in [3.05, 3.63) is 48.0 Å². The zero-order valence-corrected chi connectivity index (χ0v) is 10.8. The summed E-state index contributed by atoms with van der Waals surface area (Å²) in [6.07, 6.45) is 0.424. The summed E-state index contributed by atoms with van der Waals surface area (Å²) >= 11 is 0. The molecular formula is C16H13NO3. The summed E-state index contributed by atoms with van der Waals surface area (Å²) in [5.74, 6) is -0.729. The molecule has 0 unspecified atom stereocenters. The van der Waals surface area contributed by atoms with Crippen LogP contribution in [0.2, 0.25) is 0 Å².